The predicted molar refractivity (Wildman–Crippen MR) is 161 cm³/mol. The smallest absolute Gasteiger partial charge is 0.416 e. The predicted octanol–water partition coefficient (Wildman–Crippen LogP) is 6.65. The number of rotatable bonds is 7. The molecule has 10 heteroatoms. The lowest BCUT2D eigenvalue weighted by atomic mass is 9.88. The molecule has 5 aromatic rings. The minimum atomic E-state index is -4.44. The maximum absolute atomic E-state index is 13.5. The van der Waals surface area contributed by atoms with Gasteiger partial charge in [0.15, 0.2) is 5.65 Å². The SMILES string of the molecule is CCOC(=O)C(c1ccccc1)N1CCC(c2ccc(-n3nc4cccc(-c5ccc(C(F)(F)F)cc5)n4c3=O)cc2)CC1. The highest BCUT2D eigenvalue weighted by atomic mass is 19.4. The molecule has 1 aliphatic rings. The molecule has 2 aromatic heterocycles. The van der Waals surface area contributed by atoms with Crippen LogP contribution < -0.4 is 5.69 Å². The van der Waals surface area contributed by atoms with Crippen molar-refractivity contribution in [3.8, 4) is 16.9 Å². The Bertz CT molecular complexity index is 1810. The second-order valence-electron chi connectivity index (χ2n) is 10.8. The van der Waals surface area contributed by atoms with Gasteiger partial charge < -0.3 is 4.74 Å². The van der Waals surface area contributed by atoms with E-state index in [2.05, 4.69) is 10.00 Å². The van der Waals surface area contributed by atoms with Crippen LogP contribution >= 0.6 is 0 Å². The van der Waals surface area contributed by atoms with Crippen molar-refractivity contribution in [2.45, 2.75) is 37.9 Å². The Labute approximate surface area is 252 Å². The number of aromatic nitrogens is 3. The van der Waals surface area contributed by atoms with Crippen molar-refractivity contribution in [2.24, 2.45) is 0 Å². The van der Waals surface area contributed by atoms with Gasteiger partial charge in [-0.15, -0.1) is 5.10 Å². The summed E-state index contributed by atoms with van der Waals surface area (Å²) in [5.74, 6) is 0.0591. The largest absolute Gasteiger partial charge is 0.465 e. The summed E-state index contributed by atoms with van der Waals surface area (Å²) < 4.78 is 47.3. The summed E-state index contributed by atoms with van der Waals surface area (Å²) in [4.78, 5) is 28.5. The van der Waals surface area contributed by atoms with Crippen molar-refractivity contribution in [1.82, 2.24) is 19.1 Å². The summed E-state index contributed by atoms with van der Waals surface area (Å²) in [6, 6.07) is 26.8. The fourth-order valence-corrected chi connectivity index (χ4v) is 5.97. The van der Waals surface area contributed by atoms with Gasteiger partial charge >= 0.3 is 17.8 Å². The zero-order chi connectivity index (χ0) is 30.8. The van der Waals surface area contributed by atoms with Crippen LogP contribution in [0.5, 0.6) is 0 Å². The van der Waals surface area contributed by atoms with Gasteiger partial charge in [-0.2, -0.15) is 17.9 Å². The first kappa shape index (κ1) is 29.4. The average molecular weight is 601 g/mol. The molecule has 0 aliphatic carbocycles. The Morgan fingerprint density at radius 2 is 1.59 bits per heavy atom. The number of pyridine rings is 1. The lowest BCUT2D eigenvalue weighted by Crippen LogP contribution is -2.40. The van der Waals surface area contributed by atoms with Crippen LogP contribution in [0.2, 0.25) is 0 Å². The fourth-order valence-electron chi connectivity index (χ4n) is 5.97. The Balaban J connectivity index is 1.20. The third-order valence-corrected chi connectivity index (χ3v) is 8.18. The number of hydrogen-bond donors (Lipinski definition) is 0. The molecule has 3 heterocycles. The summed E-state index contributed by atoms with van der Waals surface area (Å²) in [5.41, 5.74) is 2.80. The highest BCUT2D eigenvalue weighted by Gasteiger charge is 2.33. The number of carbonyl (C=O) groups excluding carboxylic acids is 1. The first-order chi connectivity index (χ1) is 21.2. The van der Waals surface area contributed by atoms with Gasteiger partial charge in [0.1, 0.15) is 6.04 Å². The summed E-state index contributed by atoms with van der Waals surface area (Å²) in [5, 5.41) is 4.49. The van der Waals surface area contributed by atoms with Crippen molar-refractivity contribution in [3.05, 3.63) is 124 Å². The van der Waals surface area contributed by atoms with Crippen molar-refractivity contribution in [3.63, 3.8) is 0 Å². The molecule has 0 amide bonds. The van der Waals surface area contributed by atoms with E-state index in [-0.39, 0.29) is 5.97 Å². The highest BCUT2D eigenvalue weighted by Crippen LogP contribution is 2.34. The molecular formula is C34H31F3N4O3. The molecule has 44 heavy (non-hydrogen) atoms. The van der Waals surface area contributed by atoms with Gasteiger partial charge in [-0.25, -0.2) is 14.0 Å². The van der Waals surface area contributed by atoms with Crippen molar-refractivity contribution >= 4 is 11.6 Å². The first-order valence-electron chi connectivity index (χ1n) is 14.6. The maximum atomic E-state index is 13.5. The quantitative estimate of drug-likeness (QED) is 0.196. The van der Waals surface area contributed by atoms with E-state index in [1.165, 1.54) is 21.2 Å². The molecule has 1 fully saturated rings. The van der Waals surface area contributed by atoms with Crippen molar-refractivity contribution < 1.29 is 22.7 Å². The van der Waals surface area contributed by atoms with E-state index in [0.717, 1.165) is 49.2 Å². The molecule has 0 N–H and O–H groups in total. The molecule has 226 valence electrons. The molecule has 1 saturated heterocycles. The molecular weight excluding hydrogens is 569 g/mol. The number of halogens is 3. The van der Waals surface area contributed by atoms with E-state index in [4.69, 9.17) is 4.74 Å². The molecule has 0 radical (unpaired) electrons. The molecule has 3 aromatic carbocycles. The molecule has 7 nitrogen and oxygen atoms in total. The standard InChI is InChI=1S/C34H31F3N4O3/c1-2-44-32(42)31(26-7-4-3-5-8-26)39-21-19-24(20-22-39)23-13-17-28(18-14-23)41-33(43)40-29(9-6-10-30(40)38-41)25-11-15-27(16-12-25)34(35,36)37/h3-18,24,31H,2,19-22H2,1H3. The van der Waals surface area contributed by atoms with E-state index in [1.54, 1.807) is 18.2 Å². The van der Waals surface area contributed by atoms with Gasteiger partial charge in [-0.05, 0) is 91.9 Å². The Morgan fingerprint density at radius 3 is 2.23 bits per heavy atom. The van der Waals surface area contributed by atoms with Crippen LogP contribution in [0.15, 0.2) is 102 Å². The van der Waals surface area contributed by atoms with Crippen LogP contribution in [-0.4, -0.2) is 44.7 Å². The zero-order valence-electron chi connectivity index (χ0n) is 24.1. The first-order valence-corrected chi connectivity index (χ1v) is 14.6. The normalized spacial score (nSPS) is 15.4. The third kappa shape index (κ3) is 5.77. The summed E-state index contributed by atoms with van der Waals surface area (Å²) in [6.45, 7) is 3.62. The Kier molecular flexibility index (Phi) is 8.09. The second-order valence-corrected chi connectivity index (χ2v) is 10.8. The van der Waals surface area contributed by atoms with Crippen LogP contribution in [0.4, 0.5) is 13.2 Å². The van der Waals surface area contributed by atoms with E-state index >= 15 is 0 Å². The minimum absolute atomic E-state index is 0.235. The number of ether oxygens (including phenoxy) is 1. The maximum Gasteiger partial charge on any atom is 0.416 e. The van der Waals surface area contributed by atoms with Gasteiger partial charge in [0, 0.05) is 0 Å². The second kappa shape index (κ2) is 12.1. The van der Waals surface area contributed by atoms with Gasteiger partial charge in [-0.3, -0.25) is 4.90 Å². The Hall–Kier alpha value is -4.70. The number of nitrogens with zero attached hydrogens (tertiary/aromatic N) is 4. The monoisotopic (exact) mass is 600 g/mol. The van der Waals surface area contributed by atoms with Crippen molar-refractivity contribution in [2.75, 3.05) is 19.7 Å². The molecule has 6 rings (SSSR count). The third-order valence-electron chi connectivity index (χ3n) is 8.18. The molecule has 1 atom stereocenters. The average Bonchev–Trinajstić information content (AvgIpc) is 3.38. The van der Waals surface area contributed by atoms with Crippen LogP contribution in [-0.2, 0) is 15.7 Å². The van der Waals surface area contributed by atoms with E-state index in [0.29, 0.717) is 35.1 Å². The van der Waals surface area contributed by atoms with Gasteiger partial charge in [0.05, 0.1) is 23.6 Å². The van der Waals surface area contributed by atoms with Gasteiger partial charge in [0.25, 0.3) is 0 Å². The van der Waals surface area contributed by atoms with E-state index < -0.39 is 23.5 Å². The molecule has 0 spiro atoms. The molecule has 0 bridgehead atoms. The molecule has 1 unspecified atom stereocenters. The van der Waals surface area contributed by atoms with Crippen LogP contribution in [0, 0.1) is 0 Å². The number of likely N-dealkylation sites (tertiary alicyclic amines) is 1. The van der Waals surface area contributed by atoms with Gasteiger partial charge in [0.2, 0.25) is 0 Å². The number of esters is 1. The fraction of sp³-hybridized carbons (Fsp3) is 0.265. The number of piperidine rings is 1. The molecule has 0 saturated carbocycles. The van der Waals surface area contributed by atoms with E-state index in [1.807, 2.05) is 61.5 Å². The summed E-state index contributed by atoms with van der Waals surface area (Å²) in [6.07, 6.45) is -2.71. The highest BCUT2D eigenvalue weighted by molar-refractivity contribution is 5.77. The lowest BCUT2D eigenvalue weighted by molar-refractivity contribution is -0.150. The number of carbonyl (C=O) groups is 1. The number of alkyl halides is 3. The lowest BCUT2D eigenvalue weighted by Gasteiger charge is -2.36. The number of hydrogen-bond acceptors (Lipinski definition) is 5. The summed E-state index contributed by atoms with van der Waals surface area (Å²) in [7, 11) is 0. The van der Waals surface area contributed by atoms with E-state index in [9.17, 15) is 22.8 Å². The van der Waals surface area contributed by atoms with Crippen molar-refractivity contribution in [1.29, 1.82) is 0 Å². The number of benzene rings is 3. The van der Waals surface area contributed by atoms with Crippen LogP contribution in [0.25, 0.3) is 22.6 Å². The molecule has 1 aliphatic heterocycles. The topological polar surface area (TPSA) is 68.8 Å². The zero-order valence-corrected chi connectivity index (χ0v) is 24.1. The number of fused-ring (bicyclic) bond motifs is 1. The van der Waals surface area contributed by atoms with Gasteiger partial charge in [-0.1, -0.05) is 60.7 Å². The Morgan fingerprint density at radius 1 is 0.909 bits per heavy atom. The van der Waals surface area contributed by atoms with Crippen LogP contribution in [0.1, 0.15) is 48.4 Å². The van der Waals surface area contributed by atoms with Crippen LogP contribution in [0.3, 0.4) is 0 Å². The minimum Gasteiger partial charge on any atom is -0.465 e. The summed E-state index contributed by atoms with van der Waals surface area (Å²) >= 11 is 0.